The van der Waals surface area contributed by atoms with Crippen LogP contribution in [0.4, 0.5) is 0 Å². The van der Waals surface area contributed by atoms with Crippen molar-refractivity contribution in [1.82, 2.24) is 5.32 Å². The van der Waals surface area contributed by atoms with Crippen LogP contribution in [0.15, 0.2) is 54.1 Å². The van der Waals surface area contributed by atoms with E-state index in [1.807, 2.05) is 6.07 Å². The maximum atomic E-state index is 12.1. The predicted molar refractivity (Wildman–Crippen MR) is 101 cm³/mol. The highest BCUT2D eigenvalue weighted by atomic mass is 16.3. The average Bonchev–Trinajstić information content (AvgIpc) is 2.67. The number of phenols is 2. The molecule has 0 bridgehead atoms. The van der Waals surface area contributed by atoms with Crippen LogP contribution < -0.4 is 5.32 Å². The SMILES string of the molecule is Cc1ccc(CNC(=O)/C(C#N)=C/C=C/c2ccc(O)c(CO)c2)cc1O. The number of rotatable bonds is 6. The predicted octanol–water partition coefficient (Wildman–Crippen LogP) is 2.68. The molecular formula is C21H20N2O4. The van der Waals surface area contributed by atoms with E-state index in [1.54, 1.807) is 49.4 Å². The molecule has 1 amide bonds. The number of carbonyl (C=O) groups excluding carboxylic acids is 1. The maximum absolute atomic E-state index is 12.1. The molecule has 0 fully saturated rings. The minimum absolute atomic E-state index is 0.00410. The van der Waals surface area contributed by atoms with Crippen LogP contribution in [0.25, 0.3) is 6.08 Å². The van der Waals surface area contributed by atoms with Crippen LogP contribution in [0.3, 0.4) is 0 Å². The molecule has 2 aromatic rings. The lowest BCUT2D eigenvalue weighted by Gasteiger charge is -2.06. The van der Waals surface area contributed by atoms with Gasteiger partial charge in [0.25, 0.3) is 5.91 Å². The lowest BCUT2D eigenvalue weighted by atomic mass is 10.1. The minimum atomic E-state index is -0.524. The van der Waals surface area contributed by atoms with E-state index in [0.717, 1.165) is 11.1 Å². The molecule has 0 atom stereocenters. The molecule has 27 heavy (non-hydrogen) atoms. The molecule has 0 aromatic heterocycles. The number of phenolic OH excluding ortho intramolecular Hbond substituents is 1. The van der Waals surface area contributed by atoms with Gasteiger partial charge in [-0.1, -0.05) is 30.4 Å². The van der Waals surface area contributed by atoms with Crippen LogP contribution in [-0.2, 0) is 17.9 Å². The van der Waals surface area contributed by atoms with E-state index in [1.165, 1.54) is 12.1 Å². The fraction of sp³-hybridized carbons (Fsp3) is 0.143. The number of aliphatic hydroxyl groups is 1. The zero-order valence-corrected chi connectivity index (χ0v) is 14.8. The molecule has 0 unspecified atom stereocenters. The summed E-state index contributed by atoms with van der Waals surface area (Å²) in [5, 5.41) is 40.2. The van der Waals surface area contributed by atoms with Crippen molar-refractivity contribution >= 4 is 12.0 Å². The summed E-state index contributed by atoms with van der Waals surface area (Å²) in [6.07, 6.45) is 4.58. The molecule has 0 saturated carbocycles. The van der Waals surface area contributed by atoms with E-state index in [-0.39, 0.29) is 30.2 Å². The number of aromatic hydroxyl groups is 2. The lowest BCUT2D eigenvalue weighted by Crippen LogP contribution is -2.23. The highest BCUT2D eigenvalue weighted by Crippen LogP contribution is 2.19. The van der Waals surface area contributed by atoms with Gasteiger partial charge in [-0.3, -0.25) is 4.79 Å². The fourth-order valence-corrected chi connectivity index (χ4v) is 2.30. The molecule has 4 N–H and O–H groups in total. The first-order valence-corrected chi connectivity index (χ1v) is 8.22. The number of nitriles is 1. The Kier molecular flexibility index (Phi) is 6.75. The van der Waals surface area contributed by atoms with Gasteiger partial charge in [0.1, 0.15) is 23.1 Å². The third kappa shape index (κ3) is 5.46. The van der Waals surface area contributed by atoms with Crippen LogP contribution >= 0.6 is 0 Å². The maximum Gasteiger partial charge on any atom is 0.262 e. The Morgan fingerprint density at radius 2 is 1.96 bits per heavy atom. The molecule has 0 aliphatic heterocycles. The van der Waals surface area contributed by atoms with Crippen molar-refractivity contribution < 1.29 is 20.1 Å². The van der Waals surface area contributed by atoms with Crippen molar-refractivity contribution in [3.05, 3.63) is 76.4 Å². The number of aryl methyl sites for hydroxylation is 1. The molecular weight excluding hydrogens is 344 g/mol. The smallest absolute Gasteiger partial charge is 0.262 e. The van der Waals surface area contributed by atoms with Gasteiger partial charge in [-0.15, -0.1) is 0 Å². The molecule has 6 heteroatoms. The number of benzene rings is 2. The fourth-order valence-electron chi connectivity index (χ4n) is 2.30. The zero-order valence-electron chi connectivity index (χ0n) is 14.8. The zero-order chi connectivity index (χ0) is 19.8. The van der Waals surface area contributed by atoms with Gasteiger partial charge in [0.2, 0.25) is 0 Å². The first-order chi connectivity index (χ1) is 12.9. The number of allylic oxidation sites excluding steroid dienone is 2. The summed E-state index contributed by atoms with van der Waals surface area (Å²) in [6, 6.07) is 11.7. The van der Waals surface area contributed by atoms with Crippen molar-refractivity contribution in [3.8, 4) is 17.6 Å². The molecule has 0 saturated heterocycles. The molecule has 2 rings (SSSR count). The quantitative estimate of drug-likeness (QED) is 0.357. The third-order valence-corrected chi connectivity index (χ3v) is 3.92. The van der Waals surface area contributed by atoms with Gasteiger partial charge in [-0.2, -0.15) is 5.26 Å². The van der Waals surface area contributed by atoms with Crippen LogP contribution in [0, 0.1) is 18.3 Å². The Morgan fingerprint density at radius 1 is 1.19 bits per heavy atom. The Morgan fingerprint density at radius 3 is 2.63 bits per heavy atom. The van der Waals surface area contributed by atoms with Crippen molar-refractivity contribution in [1.29, 1.82) is 5.26 Å². The topological polar surface area (TPSA) is 114 Å². The number of hydrogen-bond donors (Lipinski definition) is 4. The van der Waals surface area contributed by atoms with Gasteiger partial charge < -0.3 is 20.6 Å². The van der Waals surface area contributed by atoms with Crippen LogP contribution in [0.2, 0.25) is 0 Å². The number of amides is 1. The highest BCUT2D eigenvalue weighted by molar-refractivity contribution is 5.97. The standard InChI is InChI=1S/C21H20N2O4/c1-14-5-6-16(10-20(14)26)12-23-21(27)17(11-22)4-2-3-15-7-8-19(25)18(9-15)13-24/h2-10,24-26H,12-13H2,1H3,(H,23,27)/b3-2+,17-4+. The van der Waals surface area contributed by atoms with Gasteiger partial charge in [-0.25, -0.2) is 0 Å². The molecule has 0 radical (unpaired) electrons. The van der Waals surface area contributed by atoms with E-state index in [0.29, 0.717) is 11.1 Å². The van der Waals surface area contributed by atoms with Gasteiger partial charge >= 0.3 is 0 Å². The summed E-state index contributed by atoms with van der Waals surface area (Å²) < 4.78 is 0. The molecule has 138 valence electrons. The van der Waals surface area contributed by atoms with Crippen molar-refractivity contribution in [2.24, 2.45) is 0 Å². The summed E-state index contributed by atoms with van der Waals surface area (Å²) in [4.78, 5) is 12.1. The van der Waals surface area contributed by atoms with E-state index in [4.69, 9.17) is 5.11 Å². The van der Waals surface area contributed by atoms with Crippen LogP contribution in [0.1, 0.15) is 22.3 Å². The van der Waals surface area contributed by atoms with Crippen molar-refractivity contribution in [2.75, 3.05) is 0 Å². The van der Waals surface area contributed by atoms with Crippen molar-refractivity contribution in [3.63, 3.8) is 0 Å². The van der Waals surface area contributed by atoms with E-state index in [2.05, 4.69) is 5.32 Å². The number of aliphatic hydroxyl groups excluding tert-OH is 1. The summed E-state index contributed by atoms with van der Waals surface area (Å²) in [6.45, 7) is 1.68. The molecule has 0 spiro atoms. The summed E-state index contributed by atoms with van der Waals surface area (Å²) in [7, 11) is 0. The molecule has 0 heterocycles. The van der Waals surface area contributed by atoms with Crippen LogP contribution in [0.5, 0.6) is 11.5 Å². The minimum Gasteiger partial charge on any atom is -0.508 e. The second-order valence-corrected chi connectivity index (χ2v) is 5.90. The van der Waals surface area contributed by atoms with E-state index >= 15 is 0 Å². The average molecular weight is 364 g/mol. The molecule has 0 aliphatic carbocycles. The molecule has 6 nitrogen and oxygen atoms in total. The summed E-state index contributed by atoms with van der Waals surface area (Å²) in [5.41, 5.74) is 2.50. The number of nitrogens with one attached hydrogen (secondary N) is 1. The number of hydrogen-bond acceptors (Lipinski definition) is 5. The first-order valence-electron chi connectivity index (χ1n) is 8.22. The lowest BCUT2D eigenvalue weighted by molar-refractivity contribution is -0.117. The van der Waals surface area contributed by atoms with Gasteiger partial charge in [0, 0.05) is 12.1 Å². The van der Waals surface area contributed by atoms with Crippen molar-refractivity contribution in [2.45, 2.75) is 20.1 Å². The number of nitrogens with zero attached hydrogens (tertiary/aromatic N) is 1. The first kappa shape index (κ1) is 19.8. The molecule has 2 aromatic carbocycles. The van der Waals surface area contributed by atoms with Gasteiger partial charge in [0.05, 0.1) is 6.61 Å². The monoisotopic (exact) mass is 364 g/mol. The second-order valence-electron chi connectivity index (χ2n) is 5.90. The molecule has 0 aliphatic rings. The Hall–Kier alpha value is -3.56. The normalized spacial score (nSPS) is 11.4. The van der Waals surface area contributed by atoms with Gasteiger partial charge in [-0.05, 0) is 47.9 Å². The highest BCUT2D eigenvalue weighted by Gasteiger charge is 2.08. The van der Waals surface area contributed by atoms with Crippen LogP contribution in [-0.4, -0.2) is 21.2 Å². The summed E-state index contributed by atoms with van der Waals surface area (Å²) >= 11 is 0. The Labute approximate surface area is 157 Å². The number of carbonyl (C=O) groups is 1. The van der Waals surface area contributed by atoms with E-state index in [9.17, 15) is 20.3 Å². The Balaban J connectivity index is 2.03. The van der Waals surface area contributed by atoms with E-state index < -0.39 is 5.91 Å². The van der Waals surface area contributed by atoms with Gasteiger partial charge in [0.15, 0.2) is 0 Å². The second kappa shape index (κ2) is 9.22. The third-order valence-electron chi connectivity index (χ3n) is 3.92. The summed E-state index contributed by atoms with van der Waals surface area (Å²) in [5.74, 6) is -0.370. The largest absolute Gasteiger partial charge is 0.508 e. The Bertz CT molecular complexity index is 940.